The Bertz CT molecular complexity index is 621. The molecular weight excluding hydrogens is 244 g/mol. The van der Waals surface area contributed by atoms with Crippen LogP contribution in [0.15, 0.2) is 42.6 Å². The van der Waals surface area contributed by atoms with Crippen LogP contribution in [0, 0.1) is 6.92 Å². The summed E-state index contributed by atoms with van der Waals surface area (Å²) < 4.78 is 0. The van der Waals surface area contributed by atoms with E-state index in [0.717, 1.165) is 5.56 Å². The molecule has 1 amide bonds. The first-order valence-electron chi connectivity index (χ1n) is 5.64. The molecule has 2 rings (SSSR count). The van der Waals surface area contributed by atoms with Crippen molar-refractivity contribution in [3.63, 3.8) is 0 Å². The van der Waals surface area contributed by atoms with E-state index in [4.69, 9.17) is 0 Å². The highest BCUT2D eigenvalue weighted by Crippen LogP contribution is 2.18. The van der Waals surface area contributed by atoms with Gasteiger partial charge in [0.05, 0.1) is 0 Å². The van der Waals surface area contributed by atoms with Crippen LogP contribution in [0.25, 0.3) is 0 Å². The molecule has 0 bridgehead atoms. The van der Waals surface area contributed by atoms with Crippen LogP contribution in [0.4, 0.5) is 5.82 Å². The molecule has 96 valence electrons. The largest absolute Gasteiger partial charge is 0.504 e. The van der Waals surface area contributed by atoms with E-state index in [0.29, 0.717) is 5.56 Å². The molecule has 0 unspecified atom stereocenters. The third kappa shape index (κ3) is 2.95. The van der Waals surface area contributed by atoms with Gasteiger partial charge < -0.3 is 10.4 Å². The Morgan fingerprint density at radius 3 is 2.47 bits per heavy atom. The number of rotatable bonds is 3. The highest BCUT2D eigenvalue weighted by atomic mass is 16.3. The molecule has 0 saturated heterocycles. The number of pyridine rings is 1. The van der Waals surface area contributed by atoms with Gasteiger partial charge in [-0.25, -0.2) is 4.98 Å². The highest BCUT2D eigenvalue weighted by molar-refractivity contribution is 6.46. The molecule has 19 heavy (non-hydrogen) atoms. The van der Waals surface area contributed by atoms with Crippen molar-refractivity contribution in [2.75, 3.05) is 5.32 Å². The van der Waals surface area contributed by atoms with Crippen LogP contribution in [-0.4, -0.2) is 21.8 Å². The number of hydrogen-bond donors (Lipinski definition) is 2. The van der Waals surface area contributed by atoms with E-state index in [2.05, 4.69) is 10.3 Å². The van der Waals surface area contributed by atoms with Gasteiger partial charge in [0.1, 0.15) is 0 Å². The molecule has 0 radical (unpaired) electrons. The quantitative estimate of drug-likeness (QED) is 0.649. The predicted octanol–water partition coefficient (Wildman–Crippen LogP) is 1.92. The van der Waals surface area contributed by atoms with E-state index in [9.17, 15) is 14.7 Å². The van der Waals surface area contributed by atoms with Crippen LogP contribution in [0.2, 0.25) is 0 Å². The summed E-state index contributed by atoms with van der Waals surface area (Å²) >= 11 is 0. The maximum absolute atomic E-state index is 11.9. The SMILES string of the molecule is Cc1ccc(C(=O)C(=O)Nc2ncccc2O)cc1. The molecule has 0 aliphatic carbocycles. The second-order valence-electron chi connectivity index (χ2n) is 4.02. The maximum Gasteiger partial charge on any atom is 0.298 e. The van der Waals surface area contributed by atoms with Crippen LogP contribution in [0.3, 0.4) is 0 Å². The van der Waals surface area contributed by atoms with Gasteiger partial charge in [-0.15, -0.1) is 0 Å². The molecule has 0 saturated carbocycles. The van der Waals surface area contributed by atoms with E-state index < -0.39 is 11.7 Å². The van der Waals surface area contributed by atoms with Gasteiger partial charge in [0, 0.05) is 11.8 Å². The maximum atomic E-state index is 11.9. The minimum absolute atomic E-state index is 0.0343. The van der Waals surface area contributed by atoms with Crippen molar-refractivity contribution in [3.05, 3.63) is 53.7 Å². The number of aromatic hydroxyl groups is 1. The predicted molar refractivity (Wildman–Crippen MR) is 70.0 cm³/mol. The third-order valence-electron chi connectivity index (χ3n) is 2.54. The normalized spacial score (nSPS) is 9.95. The number of aromatic nitrogens is 1. The number of carbonyl (C=O) groups excluding carboxylic acids is 2. The van der Waals surface area contributed by atoms with Crippen molar-refractivity contribution >= 4 is 17.5 Å². The zero-order chi connectivity index (χ0) is 13.8. The summed E-state index contributed by atoms with van der Waals surface area (Å²) in [5.74, 6) is -1.73. The first-order valence-corrected chi connectivity index (χ1v) is 5.64. The molecule has 2 N–H and O–H groups in total. The van der Waals surface area contributed by atoms with Crippen molar-refractivity contribution < 1.29 is 14.7 Å². The van der Waals surface area contributed by atoms with Crippen molar-refractivity contribution in [2.24, 2.45) is 0 Å². The van der Waals surface area contributed by atoms with Gasteiger partial charge >= 0.3 is 0 Å². The zero-order valence-electron chi connectivity index (χ0n) is 10.3. The van der Waals surface area contributed by atoms with Gasteiger partial charge in [0.25, 0.3) is 11.7 Å². The molecule has 0 aliphatic heterocycles. The van der Waals surface area contributed by atoms with Crippen LogP contribution in [-0.2, 0) is 4.79 Å². The highest BCUT2D eigenvalue weighted by Gasteiger charge is 2.17. The number of hydrogen-bond acceptors (Lipinski definition) is 4. The van der Waals surface area contributed by atoms with E-state index in [1.807, 2.05) is 6.92 Å². The molecule has 2 aromatic rings. The van der Waals surface area contributed by atoms with E-state index in [1.165, 1.54) is 18.3 Å². The third-order valence-corrected chi connectivity index (χ3v) is 2.54. The molecule has 1 heterocycles. The summed E-state index contributed by atoms with van der Waals surface area (Å²) in [6, 6.07) is 9.55. The van der Waals surface area contributed by atoms with E-state index in [1.54, 1.807) is 24.3 Å². The smallest absolute Gasteiger partial charge is 0.298 e. The van der Waals surface area contributed by atoms with E-state index in [-0.39, 0.29) is 11.6 Å². The van der Waals surface area contributed by atoms with Crippen LogP contribution in [0.5, 0.6) is 5.75 Å². The second kappa shape index (κ2) is 5.30. The monoisotopic (exact) mass is 256 g/mol. The summed E-state index contributed by atoms with van der Waals surface area (Å²) in [5, 5.41) is 11.7. The van der Waals surface area contributed by atoms with Gasteiger partial charge in [-0.2, -0.15) is 0 Å². The minimum atomic E-state index is -0.835. The van der Waals surface area contributed by atoms with E-state index >= 15 is 0 Å². The fraction of sp³-hybridized carbons (Fsp3) is 0.0714. The second-order valence-corrected chi connectivity index (χ2v) is 4.02. The average Bonchev–Trinajstić information content (AvgIpc) is 2.41. The standard InChI is InChI=1S/C14H12N2O3/c1-9-4-6-10(7-5-9)12(18)14(19)16-13-11(17)3-2-8-15-13/h2-8,17H,1H3,(H,15,16,19). The molecule has 1 aromatic carbocycles. The first kappa shape index (κ1) is 12.8. The number of carbonyl (C=O) groups is 2. The molecule has 0 fully saturated rings. The summed E-state index contributed by atoms with van der Waals surface area (Å²) in [6.45, 7) is 1.89. The van der Waals surface area contributed by atoms with Crippen molar-refractivity contribution in [1.29, 1.82) is 0 Å². The van der Waals surface area contributed by atoms with Crippen molar-refractivity contribution in [1.82, 2.24) is 4.98 Å². The fourth-order valence-corrected chi connectivity index (χ4v) is 1.49. The number of nitrogens with one attached hydrogen (secondary N) is 1. The minimum Gasteiger partial charge on any atom is -0.504 e. The molecular formula is C14H12N2O3. The molecule has 0 atom stereocenters. The van der Waals surface area contributed by atoms with Gasteiger partial charge in [-0.1, -0.05) is 29.8 Å². The summed E-state index contributed by atoms with van der Waals surface area (Å²) in [4.78, 5) is 27.4. The Morgan fingerprint density at radius 1 is 1.16 bits per heavy atom. The van der Waals surface area contributed by atoms with Gasteiger partial charge in [0.2, 0.25) is 0 Å². The summed E-state index contributed by atoms with van der Waals surface area (Å²) in [5.41, 5.74) is 1.29. The van der Waals surface area contributed by atoms with Gasteiger partial charge in [-0.3, -0.25) is 9.59 Å². The Kier molecular flexibility index (Phi) is 3.56. The molecule has 5 heteroatoms. The topological polar surface area (TPSA) is 79.3 Å². The molecule has 1 aromatic heterocycles. The van der Waals surface area contributed by atoms with Crippen LogP contribution in [0.1, 0.15) is 15.9 Å². The average molecular weight is 256 g/mol. The first-order chi connectivity index (χ1) is 9.08. The van der Waals surface area contributed by atoms with Crippen LogP contribution < -0.4 is 5.32 Å². The van der Waals surface area contributed by atoms with Crippen LogP contribution >= 0.6 is 0 Å². The Balaban J connectivity index is 2.14. The number of ketones is 1. The number of benzene rings is 1. The number of anilines is 1. The Hall–Kier alpha value is -2.69. The van der Waals surface area contributed by atoms with Crippen molar-refractivity contribution in [2.45, 2.75) is 6.92 Å². The lowest BCUT2D eigenvalue weighted by Gasteiger charge is -2.05. The number of nitrogens with zero attached hydrogens (tertiary/aromatic N) is 1. The number of Topliss-reactive ketones (excluding diaryl/α,β-unsaturated/α-hetero) is 1. The summed E-state index contributed by atoms with van der Waals surface area (Å²) in [7, 11) is 0. The van der Waals surface area contributed by atoms with Gasteiger partial charge in [-0.05, 0) is 19.1 Å². The Labute approximate surface area is 109 Å². The molecule has 0 spiro atoms. The molecule has 0 aliphatic rings. The summed E-state index contributed by atoms with van der Waals surface area (Å²) in [6.07, 6.45) is 1.41. The Morgan fingerprint density at radius 2 is 1.84 bits per heavy atom. The fourth-order valence-electron chi connectivity index (χ4n) is 1.49. The lowest BCUT2D eigenvalue weighted by molar-refractivity contribution is -0.112. The van der Waals surface area contributed by atoms with Crippen molar-refractivity contribution in [3.8, 4) is 5.75 Å². The molecule has 5 nitrogen and oxygen atoms in total. The number of aryl methyl sites for hydroxylation is 1. The lowest BCUT2D eigenvalue weighted by Crippen LogP contribution is -2.23. The number of amides is 1. The zero-order valence-corrected chi connectivity index (χ0v) is 10.3. The van der Waals surface area contributed by atoms with Gasteiger partial charge in [0.15, 0.2) is 11.6 Å². The lowest BCUT2D eigenvalue weighted by atomic mass is 10.1.